The molecular weight excluding hydrogens is 418 g/mol. The van der Waals surface area contributed by atoms with Crippen molar-refractivity contribution in [1.82, 2.24) is 14.9 Å². The van der Waals surface area contributed by atoms with Crippen LogP contribution < -0.4 is 9.47 Å². The first-order valence-corrected chi connectivity index (χ1v) is 9.67. The summed E-state index contributed by atoms with van der Waals surface area (Å²) in [5.74, 6) is 0.615. The summed E-state index contributed by atoms with van der Waals surface area (Å²) in [5.41, 5.74) is 2.20. The maximum Gasteiger partial charge on any atom is 0.378 e. The molecule has 1 aliphatic rings. The molecule has 0 spiro atoms. The zero-order chi connectivity index (χ0) is 22.8. The number of esters is 1. The van der Waals surface area contributed by atoms with E-state index in [1.54, 1.807) is 31.2 Å². The number of ether oxygens (including phenoxy) is 3. The molecule has 4 rings (SSSR count). The van der Waals surface area contributed by atoms with Crippen LogP contribution in [0.25, 0.3) is 0 Å². The molecule has 0 atom stereocenters. The SMILES string of the molecule is CCOC(=O)c1nnc2n1N=C(c1cccc([N+](=O)[O-])c1)c1cc(OC)c(OC)cc1C2. The van der Waals surface area contributed by atoms with Crippen molar-refractivity contribution in [3.63, 3.8) is 0 Å². The van der Waals surface area contributed by atoms with Crippen molar-refractivity contribution in [2.45, 2.75) is 13.3 Å². The number of non-ortho nitro benzene ring substituents is 1. The lowest BCUT2D eigenvalue weighted by Gasteiger charge is -2.14. The van der Waals surface area contributed by atoms with E-state index in [0.717, 1.165) is 5.56 Å². The average Bonchev–Trinajstić information content (AvgIpc) is 3.12. The molecule has 0 aliphatic carbocycles. The van der Waals surface area contributed by atoms with Crippen molar-refractivity contribution in [2.24, 2.45) is 5.10 Å². The van der Waals surface area contributed by atoms with Crippen LogP contribution in [0.4, 0.5) is 5.69 Å². The van der Waals surface area contributed by atoms with Gasteiger partial charge in [0.05, 0.1) is 31.5 Å². The standard InChI is InChI=1S/C21H19N5O6/c1-4-32-21(27)20-23-22-18-10-13-9-16(30-2)17(31-3)11-15(13)19(24-25(18)20)12-6-5-7-14(8-12)26(28)29/h5-9,11H,4,10H2,1-3H3. The monoisotopic (exact) mass is 437 g/mol. The molecule has 1 aromatic heterocycles. The molecule has 0 radical (unpaired) electrons. The van der Waals surface area contributed by atoms with Crippen molar-refractivity contribution in [3.05, 3.63) is 74.9 Å². The van der Waals surface area contributed by atoms with Gasteiger partial charge in [-0.2, -0.15) is 9.78 Å². The van der Waals surface area contributed by atoms with Crippen molar-refractivity contribution >= 4 is 17.4 Å². The molecule has 2 aromatic carbocycles. The number of hydrogen-bond donors (Lipinski definition) is 0. The van der Waals surface area contributed by atoms with E-state index >= 15 is 0 Å². The minimum Gasteiger partial charge on any atom is -0.493 e. The highest BCUT2D eigenvalue weighted by atomic mass is 16.6. The number of methoxy groups -OCH3 is 2. The molecule has 0 unspecified atom stereocenters. The second-order valence-corrected chi connectivity index (χ2v) is 6.77. The third-order valence-electron chi connectivity index (χ3n) is 4.91. The summed E-state index contributed by atoms with van der Waals surface area (Å²) in [7, 11) is 3.04. The Labute approximate surface area is 182 Å². The van der Waals surface area contributed by atoms with E-state index in [9.17, 15) is 14.9 Å². The molecule has 3 aromatic rings. The quantitative estimate of drug-likeness (QED) is 0.255. The molecule has 164 valence electrons. The molecule has 11 nitrogen and oxygen atoms in total. The average molecular weight is 437 g/mol. The Morgan fingerprint density at radius 2 is 1.91 bits per heavy atom. The Kier molecular flexibility index (Phi) is 5.54. The molecule has 0 amide bonds. The van der Waals surface area contributed by atoms with Gasteiger partial charge in [0, 0.05) is 29.7 Å². The third-order valence-corrected chi connectivity index (χ3v) is 4.91. The van der Waals surface area contributed by atoms with Crippen molar-refractivity contribution < 1.29 is 23.9 Å². The maximum absolute atomic E-state index is 12.4. The van der Waals surface area contributed by atoms with E-state index in [1.165, 1.54) is 31.0 Å². The largest absolute Gasteiger partial charge is 0.493 e. The molecule has 0 fully saturated rings. The first-order valence-electron chi connectivity index (χ1n) is 9.67. The van der Waals surface area contributed by atoms with Gasteiger partial charge in [0.1, 0.15) is 0 Å². The number of carbonyl (C=O) groups excluding carboxylic acids is 1. The van der Waals surface area contributed by atoms with Gasteiger partial charge in [-0.1, -0.05) is 12.1 Å². The molecular formula is C21H19N5O6. The number of rotatable bonds is 6. The van der Waals surface area contributed by atoms with Crippen LogP contribution in [-0.2, 0) is 11.2 Å². The first kappa shape index (κ1) is 21.0. The number of fused-ring (bicyclic) bond motifs is 2. The lowest BCUT2D eigenvalue weighted by Crippen LogP contribution is -2.14. The van der Waals surface area contributed by atoms with Gasteiger partial charge < -0.3 is 14.2 Å². The smallest absolute Gasteiger partial charge is 0.378 e. The molecule has 32 heavy (non-hydrogen) atoms. The second kappa shape index (κ2) is 8.46. The highest BCUT2D eigenvalue weighted by Gasteiger charge is 2.27. The number of nitro groups is 1. The van der Waals surface area contributed by atoms with Crippen molar-refractivity contribution in [1.29, 1.82) is 0 Å². The number of nitrogens with zero attached hydrogens (tertiary/aromatic N) is 5. The van der Waals surface area contributed by atoms with Crippen LogP contribution in [-0.4, -0.2) is 52.3 Å². The lowest BCUT2D eigenvalue weighted by molar-refractivity contribution is -0.384. The minimum absolute atomic E-state index is 0.0866. The maximum atomic E-state index is 12.4. The second-order valence-electron chi connectivity index (χ2n) is 6.77. The number of aromatic nitrogens is 3. The van der Waals surface area contributed by atoms with E-state index in [-0.39, 0.29) is 24.5 Å². The zero-order valence-corrected chi connectivity index (χ0v) is 17.6. The van der Waals surface area contributed by atoms with Crippen LogP contribution in [0, 0.1) is 10.1 Å². The number of benzene rings is 2. The molecule has 0 saturated carbocycles. The van der Waals surface area contributed by atoms with E-state index in [0.29, 0.717) is 34.2 Å². The Morgan fingerprint density at radius 1 is 1.16 bits per heavy atom. The van der Waals surface area contributed by atoms with Gasteiger partial charge >= 0.3 is 5.97 Å². The predicted octanol–water partition coefficient (Wildman–Crippen LogP) is 2.59. The van der Waals surface area contributed by atoms with E-state index in [4.69, 9.17) is 14.2 Å². The summed E-state index contributed by atoms with van der Waals surface area (Å²) in [4.78, 5) is 23.3. The summed E-state index contributed by atoms with van der Waals surface area (Å²) in [5, 5.41) is 24.0. The summed E-state index contributed by atoms with van der Waals surface area (Å²) in [6, 6.07) is 9.61. The van der Waals surface area contributed by atoms with Crippen LogP contribution in [0.5, 0.6) is 11.5 Å². The highest BCUT2D eigenvalue weighted by Crippen LogP contribution is 2.34. The topological polar surface area (TPSA) is 131 Å². The van der Waals surface area contributed by atoms with E-state index in [1.807, 2.05) is 0 Å². The predicted molar refractivity (Wildman–Crippen MR) is 112 cm³/mol. The van der Waals surface area contributed by atoms with Crippen LogP contribution in [0.3, 0.4) is 0 Å². The van der Waals surface area contributed by atoms with Gasteiger partial charge in [0.25, 0.3) is 11.5 Å². The van der Waals surface area contributed by atoms with Gasteiger partial charge in [0.2, 0.25) is 0 Å². The van der Waals surface area contributed by atoms with E-state index in [2.05, 4.69) is 15.3 Å². The molecule has 0 bridgehead atoms. The minimum atomic E-state index is -0.672. The molecule has 0 N–H and O–H groups in total. The fourth-order valence-electron chi connectivity index (χ4n) is 3.44. The molecule has 0 saturated heterocycles. The lowest BCUT2D eigenvalue weighted by atomic mass is 9.95. The highest BCUT2D eigenvalue weighted by molar-refractivity contribution is 6.14. The van der Waals surface area contributed by atoms with Gasteiger partial charge in [-0.15, -0.1) is 10.2 Å². The Balaban J connectivity index is 1.99. The molecule has 2 heterocycles. The van der Waals surface area contributed by atoms with Gasteiger partial charge in [-0.25, -0.2) is 4.79 Å². The summed E-state index contributed by atoms with van der Waals surface area (Å²) in [6.45, 7) is 1.85. The van der Waals surface area contributed by atoms with Crippen molar-refractivity contribution in [3.8, 4) is 11.5 Å². The molecule has 1 aliphatic heterocycles. The van der Waals surface area contributed by atoms with Crippen LogP contribution >= 0.6 is 0 Å². The van der Waals surface area contributed by atoms with Crippen LogP contribution in [0.15, 0.2) is 41.5 Å². The Bertz CT molecular complexity index is 1250. The van der Waals surface area contributed by atoms with Gasteiger partial charge in [-0.3, -0.25) is 10.1 Å². The number of nitro benzene ring substituents is 1. The fourth-order valence-corrected chi connectivity index (χ4v) is 3.44. The first-order chi connectivity index (χ1) is 15.5. The Hall–Kier alpha value is -4.28. The normalized spacial score (nSPS) is 12.2. The summed E-state index contributed by atoms with van der Waals surface area (Å²) >= 11 is 0. The fraction of sp³-hybridized carbons (Fsp3) is 0.238. The Morgan fingerprint density at radius 3 is 2.59 bits per heavy atom. The summed E-state index contributed by atoms with van der Waals surface area (Å²) in [6.07, 6.45) is 0.282. The van der Waals surface area contributed by atoms with E-state index < -0.39 is 10.9 Å². The third kappa shape index (κ3) is 3.64. The van der Waals surface area contributed by atoms with Crippen LogP contribution in [0.1, 0.15) is 40.1 Å². The summed E-state index contributed by atoms with van der Waals surface area (Å²) < 4.78 is 17.3. The number of carbonyl (C=O) groups is 1. The van der Waals surface area contributed by atoms with Crippen LogP contribution in [0.2, 0.25) is 0 Å². The zero-order valence-electron chi connectivity index (χ0n) is 17.6. The number of hydrogen-bond acceptors (Lipinski definition) is 9. The van der Waals surface area contributed by atoms with Gasteiger partial charge in [-0.05, 0) is 24.6 Å². The van der Waals surface area contributed by atoms with Crippen molar-refractivity contribution in [2.75, 3.05) is 20.8 Å². The van der Waals surface area contributed by atoms with Gasteiger partial charge in [0.15, 0.2) is 17.3 Å². The molecule has 11 heteroatoms.